The summed E-state index contributed by atoms with van der Waals surface area (Å²) in [4.78, 5) is 7.80. The minimum atomic E-state index is -0.280. The number of aryl methyl sites for hydroxylation is 1. The van der Waals surface area contributed by atoms with Gasteiger partial charge in [-0.3, -0.25) is 0 Å². The second kappa shape index (κ2) is 8.90. The molecule has 2 aromatic carbocycles. The number of H-pyrrole nitrogens is 1. The Morgan fingerprint density at radius 1 is 1.14 bits per heavy atom. The summed E-state index contributed by atoms with van der Waals surface area (Å²) in [6, 6.07) is 12.9. The molecule has 0 unspecified atom stereocenters. The number of nitrogens with zero attached hydrogens (tertiary/aromatic N) is 1. The van der Waals surface area contributed by atoms with Crippen LogP contribution in [0, 0.1) is 12.7 Å². The predicted octanol–water partition coefficient (Wildman–Crippen LogP) is 7.02. The monoisotopic (exact) mass is 478 g/mol. The Hall–Kier alpha value is -2.15. The molecule has 0 aliphatic heterocycles. The molecule has 0 radical (unpaired) electrons. The van der Waals surface area contributed by atoms with Crippen molar-refractivity contribution in [1.82, 2.24) is 9.97 Å². The van der Waals surface area contributed by atoms with E-state index in [0.717, 1.165) is 34.0 Å². The van der Waals surface area contributed by atoms with Gasteiger partial charge in [0.05, 0.1) is 11.9 Å². The van der Waals surface area contributed by atoms with E-state index in [1.165, 1.54) is 6.07 Å². The minimum Gasteiger partial charge on any atom is -0.489 e. The van der Waals surface area contributed by atoms with E-state index in [2.05, 4.69) is 31.3 Å². The van der Waals surface area contributed by atoms with Crippen LogP contribution in [0.25, 0.3) is 22.6 Å². The van der Waals surface area contributed by atoms with Crippen molar-refractivity contribution in [2.45, 2.75) is 13.5 Å². The molecule has 28 heavy (non-hydrogen) atoms. The van der Waals surface area contributed by atoms with Gasteiger partial charge in [-0.05, 0) is 54.3 Å². The molecule has 1 N–H and O–H groups in total. The molecular formula is C21H17BrClFN2OS. The van der Waals surface area contributed by atoms with Gasteiger partial charge in [-0.15, -0.1) is 12.4 Å². The van der Waals surface area contributed by atoms with Gasteiger partial charge >= 0.3 is 0 Å². The van der Waals surface area contributed by atoms with Crippen LogP contribution in [0.2, 0.25) is 0 Å². The van der Waals surface area contributed by atoms with E-state index in [0.29, 0.717) is 10.0 Å². The Bertz CT molecular complexity index is 1080. The zero-order valence-corrected chi connectivity index (χ0v) is 18.1. The number of aromatic amines is 1. The zero-order chi connectivity index (χ0) is 18.8. The first-order valence-corrected chi connectivity index (χ1v) is 10.1. The topological polar surface area (TPSA) is 37.9 Å². The van der Waals surface area contributed by atoms with E-state index >= 15 is 0 Å². The lowest BCUT2D eigenvalue weighted by Crippen LogP contribution is -2.00. The van der Waals surface area contributed by atoms with Crippen molar-refractivity contribution in [3.63, 3.8) is 0 Å². The largest absolute Gasteiger partial charge is 0.489 e. The standard InChI is InChI=1S/C21H16BrFN2OS.ClH/c1-13-8-14(19-10-24-21(25-19)16-6-7-27-12-16)3-5-20(13)26-11-15-2-4-17(22)9-18(15)23;/h2-10,12H,11H2,1H3,(H,24,25);1H. The average Bonchev–Trinajstić information content (AvgIpc) is 3.33. The third-order valence-electron chi connectivity index (χ3n) is 4.25. The highest BCUT2D eigenvalue weighted by Gasteiger charge is 2.09. The van der Waals surface area contributed by atoms with Crippen molar-refractivity contribution < 1.29 is 9.13 Å². The van der Waals surface area contributed by atoms with Gasteiger partial charge in [0.25, 0.3) is 0 Å². The molecule has 3 nitrogen and oxygen atoms in total. The zero-order valence-electron chi connectivity index (χ0n) is 14.9. The van der Waals surface area contributed by atoms with E-state index in [-0.39, 0.29) is 24.8 Å². The van der Waals surface area contributed by atoms with Crippen LogP contribution in [-0.2, 0) is 6.61 Å². The third kappa shape index (κ3) is 4.46. The average molecular weight is 480 g/mol. The number of hydrogen-bond donors (Lipinski definition) is 1. The summed E-state index contributed by atoms with van der Waals surface area (Å²) in [5.41, 5.74) is 4.57. The fourth-order valence-electron chi connectivity index (χ4n) is 2.79. The molecule has 0 saturated heterocycles. The molecule has 0 atom stereocenters. The predicted molar refractivity (Wildman–Crippen MR) is 118 cm³/mol. The van der Waals surface area contributed by atoms with Crippen LogP contribution >= 0.6 is 39.7 Å². The number of ether oxygens (including phenoxy) is 1. The van der Waals surface area contributed by atoms with Crippen molar-refractivity contribution in [3.8, 4) is 28.4 Å². The third-order valence-corrected chi connectivity index (χ3v) is 5.43. The number of imidazole rings is 1. The fraction of sp³-hybridized carbons (Fsp3) is 0.0952. The van der Waals surface area contributed by atoms with E-state index < -0.39 is 0 Å². The van der Waals surface area contributed by atoms with Gasteiger partial charge in [0.2, 0.25) is 0 Å². The number of thiophene rings is 1. The molecule has 0 spiro atoms. The summed E-state index contributed by atoms with van der Waals surface area (Å²) < 4.78 is 20.5. The van der Waals surface area contributed by atoms with Crippen LogP contribution in [-0.4, -0.2) is 9.97 Å². The van der Waals surface area contributed by atoms with Crippen LogP contribution < -0.4 is 4.74 Å². The molecule has 0 fully saturated rings. The molecule has 7 heteroatoms. The first-order chi connectivity index (χ1) is 13.1. The van der Waals surface area contributed by atoms with Crippen LogP contribution in [0.15, 0.2) is 63.9 Å². The van der Waals surface area contributed by atoms with Gasteiger partial charge in [-0.25, -0.2) is 9.37 Å². The molecule has 0 amide bonds. The van der Waals surface area contributed by atoms with Gasteiger partial charge in [0, 0.05) is 26.5 Å². The van der Waals surface area contributed by atoms with Crippen molar-refractivity contribution in [1.29, 1.82) is 0 Å². The molecule has 2 aromatic heterocycles. The molecule has 144 valence electrons. The van der Waals surface area contributed by atoms with Crippen molar-refractivity contribution in [2.24, 2.45) is 0 Å². The first kappa shape index (κ1) is 20.6. The van der Waals surface area contributed by atoms with Gasteiger partial charge in [-0.2, -0.15) is 11.3 Å². The summed E-state index contributed by atoms with van der Waals surface area (Å²) in [5, 5.41) is 4.09. The number of aromatic nitrogens is 2. The second-order valence-electron chi connectivity index (χ2n) is 6.16. The van der Waals surface area contributed by atoms with E-state index in [9.17, 15) is 4.39 Å². The maximum atomic E-state index is 13.9. The highest BCUT2D eigenvalue weighted by molar-refractivity contribution is 9.10. The van der Waals surface area contributed by atoms with Crippen molar-refractivity contribution in [3.05, 3.63) is 80.8 Å². The maximum absolute atomic E-state index is 13.9. The highest BCUT2D eigenvalue weighted by Crippen LogP contribution is 2.28. The molecule has 0 aliphatic rings. The summed E-state index contributed by atoms with van der Waals surface area (Å²) in [6.07, 6.45) is 1.83. The van der Waals surface area contributed by atoms with Gasteiger partial charge in [-0.1, -0.05) is 22.0 Å². The Morgan fingerprint density at radius 3 is 2.71 bits per heavy atom. The lowest BCUT2D eigenvalue weighted by atomic mass is 10.1. The van der Waals surface area contributed by atoms with Crippen LogP contribution in [0.4, 0.5) is 4.39 Å². The molecule has 0 bridgehead atoms. The number of halogens is 3. The normalized spacial score (nSPS) is 10.5. The lowest BCUT2D eigenvalue weighted by Gasteiger charge is -2.11. The number of rotatable bonds is 5. The van der Waals surface area contributed by atoms with Gasteiger partial charge in [0.15, 0.2) is 0 Å². The molecular weight excluding hydrogens is 463 g/mol. The quantitative estimate of drug-likeness (QED) is 0.334. The number of hydrogen-bond acceptors (Lipinski definition) is 3. The van der Waals surface area contributed by atoms with E-state index in [1.807, 2.05) is 42.8 Å². The molecule has 4 rings (SSSR count). The Morgan fingerprint density at radius 2 is 2.00 bits per heavy atom. The first-order valence-electron chi connectivity index (χ1n) is 8.35. The molecule has 0 aliphatic carbocycles. The van der Waals surface area contributed by atoms with Crippen LogP contribution in [0.5, 0.6) is 5.75 Å². The maximum Gasteiger partial charge on any atom is 0.138 e. The van der Waals surface area contributed by atoms with Gasteiger partial charge in [0.1, 0.15) is 24.0 Å². The summed E-state index contributed by atoms with van der Waals surface area (Å²) in [7, 11) is 0. The van der Waals surface area contributed by atoms with Crippen molar-refractivity contribution >= 4 is 39.7 Å². The number of benzene rings is 2. The van der Waals surface area contributed by atoms with Crippen molar-refractivity contribution in [2.75, 3.05) is 0 Å². The Balaban J connectivity index is 0.00000225. The summed E-state index contributed by atoms with van der Waals surface area (Å²) >= 11 is 4.90. The Labute approximate surface area is 181 Å². The SMILES string of the molecule is Cc1cc(-c2cnc(-c3ccsc3)[nH]2)ccc1OCc1ccc(Br)cc1F.Cl. The molecule has 0 saturated carbocycles. The second-order valence-corrected chi connectivity index (χ2v) is 7.86. The van der Waals surface area contributed by atoms with E-state index in [1.54, 1.807) is 23.5 Å². The fourth-order valence-corrected chi connectivity index (χ4v) is 3.76. The molecule has 2 heterocycles. The van der Waals surface area contributed by atoms with Crippen LogP contribution in [0.3, 0.4) is 0 Å². The van der Waals surface area contributed by atoms with E-state index in [4.69, 9.17) is 4.74 Å². The number of nitrogens with one attached hydrogen (secondary N) is 1. The lowest BCUT2D eigenvalue weighted by molar-refractivity contribution is 0.298. The molecule has 4 aromatic rings. The highest BCUT2D eigenvalue weighted by atomic mass is 79.9. The summed E-state index contributed by atoms with van der Waals surface area (Å²) in [6.45, 7) is 2.17. The van der Waals surface area contributed by atoms with Crippen LogP contribution in [0.1, 0.15) is 11.1 Å². The minimum absolute atomic E-state index is 0. The Kier molecular flexibility index (Phi) is 6.54. The van der Waals surface area contributed by atoms with Gasteiger partial charge < -0.3 is 9.72 Å². The summed E-state index contributed by atoms with van der Waals surface area (Å²) in [5.74, 6) is 1.31. The smallest absolute Gasteiger partial charge is 0.138 e.